The van der Waals surface area contributed by atoms with Crippen LogP contribution in [0.3, 0.4) is 0 Å². The first kappa shape index (κ1) is 18.6. The van der Waals surface area contributed by atoms with E-state index in [2.05, 4.69) is 20.5 Å². The van der Waals surface area contributed by atoms with Gasteiger partial charge in [-0.25, -0.2) is 4.98 Å². The van der Waals surface area contributed by atoms with Gasteiger partial charge < -0.3 is 10.1 Å². The first-order chi connectivity index (χ1) is 12.5. The number of nitrogens with one attached hydrogen (secondary N) is 2. The molecular formula is C17H14Cl2N4O2S. The maximum absolute atomic E-state index is 12.0. The second kappa shape index (κ2) is 8.44. The van der Waals surface area contributed by atoms with Gasteiger partial charge >= 0.3 is 0 Å². The number of ether oxygens (including phenoxy) is 1. The Morgan fingerprint density at radius 3 is 2.65 bits per heavy atom. The highest BCUT2D eigenvalue weighted by molar-refractivity contribution is 7.99. The lowest BCUT2D eigenvalue weighted by Crippen LogP contribution is -2.13. The van der Waals surface area contributed by atoms with Crippen LogP contribution in [-0.2, 0) is 4.79 Å². The third-order valence-corrected chi connectivity index (χ3v) is 4.68. The van der Waals surface area contributed by atoms with E-state index >= 15 is 0 Å². The van der Waals surface area contributed by atoms with E-state index in [4.69, 9.17) is 27.9 Å². The lowest BCUT2D eigenvalue weighted by atomic mass is 10.2. The molecule has 0 bridgehead atoms. The van der Waals surface area contributed by atoms with Crippen molar-refractivity contribution in [1.29, 1.82) is 0 Å². The smallest absolute Gasteiger partial charge is 0.234 e. The van der Waals surface area contributed by atoms with E-state index < -0.39 is 0 Å². The number of methoxy groups -OCH3 is 1. The minimum atomic E-state index is -0.163. The molecule has 3 rings (SSSR count). The van der Waals surface area contributed by atoms with Crippen LogP contribution in [-0.4, -0.2) is 34.0 Å². The molecule has 0 fully saturated rings. The fraction of sp³-hybridized carbons (Fsp3) is 0.118. The number of halogens is 2. The second-order valence-corrected chi connectivity index (χ2v) is 6.97. The van der Waals surface area contributed by atoms with E-state index in [0.29, 0.717) is 38.0 Å². The summed E-state index contributed by atoms with van der Waals surface area (Å²) >= 11 is 13.1. The summed E-state index contributed by atoms with van der Waals surface area (Å²) in [6, 6.07) is 12.1. The van der Waals surface area contributed by atoms with Crippen molar-refractivity contribution in [3.05, 3.63) is 52.5 Å². The lowest BCUT2D eigenvalue weighted by Gasteiger charge is -2.05. The molecule has 134 valence electrons. The number of thioether (sulfide) groups is 1. The topological polar surface area (TPSA) is 79.9 Å². The Morgan fingerprint density at radius 1 is 1.19 bits per heavy atom. The van der Waals surface area contributed by atoms with Crippen molar-refractivity contribution >= 4 is 46.6 Å². The van der Waals surface area contributed by atoms with Gasteiger partial charge in [-0.2, -0.15) is 0 Å². The molecule has 0 saturated heterocycles. The molecule has 0 atom stereocenters. The molecule has 0 spiro atoms. The number of carbonyl (C=O) groups is 1. The Labute approximate surface area is 164 Å². The molecule has 3 aromatic rings. The van der Waals surface area contributed by atoms with Crippen LogP contribution in [0.25, 0.3) is 11.4 Å². The molecule has 1 aromatic heterocycles. The highest BCUT2D eigenvalue weighted by Gasteiger charge is 2.13. The van der Waals surface area contributed by atoms with Gasteiger partial charge in [-0.1, -0.05) is 35.0 Å². The molecule has 1 heterocycles. The lowest BCUT2D eigenvalue weighted by molar-refractivity contribution is -0.113. The van der Waals surface area contributed by atoms with Gasteiger partial charge in [-0.05, 0) is 42.5 Å². The van der Waals surface area contributed by atoms with Crippen molar-refractivity contribution in [2.45, 2.75) is 5.16 Å². The van der Waals surface area contributed by atoms with Crippen LogP contribution in [0.5, 0.6) is 5.75 Å². The predicted molar refractivity (Wildman–Crippen MR) is 104 cm³/mol. The number of carbonyl (C=O) groups excluding carboxylic acids is 1. The molecule has 0 saturated carbocycles. The Kier molecular flexibility index (Phi) is 6.03. The summed E-state index contributed by atoms with van der Waals surface area (Å²) in [4.78, 5) is 16.4. The Bertz CT molecular complexity index is 915. The molecule has 0 aliphatic carbocycles. The number of hydrogen-bond donors (Lipinski definition) is 2. The zero-order valence-corrected chi connectivity index (χ0v) is 16.0. The average Bonchev–Trinajstić information content (AvgIpc) is 3.11. The number of anilines is 1. The van der Waals surface area contributed by atoms with E-state index in [1.165, 1.54) is 11.8 Å². The van der Waals surface area contributed by atoms with Crippen molar-refractivity contribution in [1.82, 2.24) is 15.2 Å². The van der Waals surface area contributed by atoms with E-state index in [9.17, 15) is 4.79 Å². The van der Waals surface area contributed by atoms with Crippen LogP contribution in [0, 0.1) is 0 Å². The molecule has 0 radical (unpaired) electrons. The third-order valence-electron chi connectivity index (χ3n) is 3.34. The molecule has 2 N–H and O–H groups in total. The van der Waals surface area contributed by atoms with Crippen LogP contribution in [0.1, 0.15) is 0 Å². The first-order valence-corrected chi connectivity index (χ1v) is 9.24. The maximum Gasteiger partial charge on any atom is 0.234 e. The highest BCUT2D eigenvalue weighted by Crippen LogP contribution is 2.31. The fourth-order valence-electron chi connectivity index (χ4n) is 2.16. The van der Waals surface area contributed by atoms with Crippen LogP contribution in [0.15, 0.2) is 47.6 Å². The van der Waals surface area contributed by atoms with E-state index in [0.717, 1.165) is 0 Å². The van der Waals surface area contributed by atoms with Gasteiger partial charge in [0, 0.05) is 15.7 Å². The van der Waals surface area contributed by atoms with E-state index in [1.807, 2.05) is 0 Å². The number of H-pyrrole nitrogens is 1. The average molecular weight is 409 g/mol. The fourth-order valence-corrected chi connectivity index (χ4v) is 3.05. The molecule has 0 aliphatic heterocycles. The second-order valence-electron chi connectivity index (χ2n) is 5.15. The van der Waals surface area contributed by atoms with Crippen LogP contribution >= 0.6 is 35.0 Å². The van der Waals surface area contributed by atoms with Crippen molar-refractivity contribution in [3.8, 4) is 17.1 Å². The number of benzene rings is 2. The summed E-state index contributed by atoms with van der Waals surface area (Å²) in [5.74, 6) is 1.16. The first-order valence-electron chi connectivity index (χ1n) is 7.49. The molecule has 26 heavy (non-hydrogen) atoms. The van der Waals surface area contributed by atoms with Gasteiger partial charge in [0.2, 0.25) is 11.1 Å². The Morgan fingerprint density at radius 2 is 1.92 bits per heavy atom. The monoisotopic (exact) mass is 408 g/mol. The van der Waals surface area contributed by atoms with Crippen LogP contribution in [0.4, 0.5) is 5.69 Å². The minimum absolute atomic E-state index is 0.163. The summed E-state index contributed by atoms with van der Waals surface area (Å²) in [6.07, 6.45) is 0. The third kappa shape index (κ3) is 4.69. The predicted octanol–water partition coefficient (Wildman–Crippen LogP) is 4.52. The van der Waals surface area contributed by atoms with Crippen LogP contribution < -0.4 is 10.1 Å². The number of rotatable bonds is 6. The standard InChI is InChI=1S/C17H14Cl2N4O2S/c1-25-14-7-4-11(19)8-13(14)16-21-17(23-22-16)26-9-15(24)20-12-5-2-10(18)3-6-12/h2-8H,9H2,1H3,(H,20,24)(H,21,22,23). The molecular weight excluding hydrogens is 395 g/mol. The Balaban J connectivity index is 1.63. The van der Waals surface area contributed by atoms with Crippen molar-refractivity contribution < 1.29 is 9.53 Å². The molecule has 0 aliphatic rings. The van der Waals surface area contributed by atoms with Crippen LogP contribution in [0.2, 0.25) is 10.0 Å². The van der Waals surface area contributed by atoms with Crippen molar-refractivity contribution in [3.63, 3.8) is 0 Å². The van der Waals surface area contributed by atoms with Gasteiger partial charge in [0.15, 0.2) is 5.82 Å². The van der Waals surface area contributed by atoms with Gasteiger partial charge in [0.25, 0.3) is 0 Å². The summed E-state index contributed by atoms with van der Waals surface area (Å²) in [7, 11) is 1.57. The zero-order valence-electron chi connectivity index (χ0n) is 13.6. The molecule has 9 heteroatoms. The van der Waals surface area contributed by atoms with Gasteiger partial charge in [-0.15, -0.1) is 5.10 Å². The summed E-state index contributed by atoms with van der Waals surface area (Å²) in [6.45, 7) is 0. The van der Waals surface area contributed by atoms with Gasteiger partial charge in [0.05, 0.1) is 18.4 Å². The number of amides is 1. The Hall–Kier alpha value is -2.22. The molecule has 1 amide bonds. The molecule has 0 unspecified atom stereocenters. The van der Waals surface area contributed by atoms with Crippen molar-refractivity contribution in [2.24, 2.45) is 0 Å². The summed E-state index contributed by atoms with van der Waals surface area (Å²) < 4.78 is 5.31. The summed E-state index contributed by atoms with van der Waals surface area (Å²) in [5, 5.41) is 11.4. The SMILES string of the molecule is COc1ccc(Cl)cc1-c1nc(SCC(=O)Nc2ccc(Cl)cc2)n[nH]1. The highest BCUT2D eigenvalue weighted by atomic mass is 35.5. The van der Waals surface area contributed by atoms with E-state index in [1.54, 1.807) is 49.6 Å². The number of hydrogen-bond acceptors (Lipinski definition) is 5. The van der Waals surface area contributed by atoms with Crippen molar-refractivity contribution in [2.75, 3.05) is 18.2 Å². The van der Waals surface area contributed by atoms with Gasteiger partial charge in [-0.3, -0.25) is 9.89 Å². The number of aromatic nitrogens is 3. The largest absolute Gasteiger partial charge is 0.496 e. The van der Waals surface area contributed by atoms with Gasteiger partial charge in [0.1, 0.15) is 5.75 Å². The summed E-state index contributed by atoms with van der Waals surface area (Å²) in [5.41, 5.74) is 1.38. The quantitative estimate of drug-likeness (QED) is 0.586. The molecule has 6 nitrogen and oxygen atoms in total. The number of nitrogens with zero attached hydrogens (tertiary/aromatic N) is 2. The normalized spacial score (nSPS) is 10.6. The van der Waals surface area contributed by atoms with E-state index in [-0.39, 0.29) is 11.7 Å². The molecule has 2 aromatic carbocycles. The number of aromatic amines is 1. The maximum atomic E-state index is 12.0. The zero-order chi connectivity index (χ0) is 18.5. The minimum Gasteiger partial charge on any atom is -0.496 e.